The molecule has 0 atom stereocenters. The maximum absolute atomic E-state index is 11.3. The number of hydrogen-bond donors (Lipinski definition) is 2. The lowest BCUT2D eigenvalue weighted by molar-refractivity contribution is 0.0698. The Hall–Kier alpha value is -1.71. The number of anilines is 2. The van der Waals surface area contributed by atoms with Crippen molar-refractivity contribution in [1.29, 1.82) is 0 Å². The standard InChI is InChI=1S/C17H26N2O2/c1-12(2)9-10-19(13-5-3-4-6-13)14-7-8-16(18)15(11-14)17(20)21/h7-8,11-13H,3-6,9-10,18H2,1-2H3,(H,20,21). The first-order valence-electron chi connectivity index (χ1n) is 7.88. The SMILES string of the molecule is CC(C)CCN(c1ccc(N)c(C(=O)O)c1)C1CCCC1. The topological polar surface area (TPSA) is 66.6 Å². The zero-order chi connectivity index (χ0) is 15.4. The average molecular weight is 290 g/mol. The first-order valence-corrected chi connectivity index (χ1v) is 7.88. The van der Waals surface area contributed by atoms with Crippen molar-refractivity contribution in [3.05, 3.63) is 23.8 Å². The van der Waals surface area contributed by atoms with E-state index in [0.717, 1.165) is 18.7 Å². The molecule has 0 amide bonds. The van der Waals surface area contributed by atoms with Crippen LogP contribution in [0, 0.1) is 5.92 Å². The highest BCUT2D eigenvalue weighted by Gasteiger charge is 2.24. The van der Waals surface area contributed by atoms with E-state index in [1.165, 1.54) is 25.7 Å². The Balaban J connectivity index is 2.26. The number of benzene rings is 1. The van der Waals surface area contributed by atoms with Gasteiger partial charge in [-0.05, 0) is 43.4 Å². The van der Waals surface area contributed by atoms with Gasteiger partial charge in [0, 0.05) is 24.0 Å². The molecule has 1 aromatic carbocycles. The molecular formula is C17H26N2O2. The van der Waals surface area contributed by atoms with Crippen LogP contribution < -0.4 is 10.6 Å². The summed E-state index contributed by atoms with van der Waals surface area (Å²) in [4.78, 5) is 13.7. The Morgan fingerprint density at radius 2 is 2.05 bits per heavy atom. The molecule has 1 aliphatic carbocycles. The third kappa shape index (κ3) is 3.90. The Kier molecular flexibility index (Phi) is 5.10. The largest absolute Gasteiger partial charge is 0.478 e. The fourth-order valence-electron chi connectivity index (χ4n) is 3.04. The molecule has 0 radical (unpaired) electrons. The van der Waals surface area contributed by atoms with Gasteiger partial charge >= 0.3 is 5.97 Å². The summed E-state index contributed by atoms with van der Waals surface area (Å²) in [6, 6.07) is 5.95. The van der Waals surface area contributed by atoms with Crippen LogP contribution in [0.1, 0.15) is 56.3 Å². The van der Waals surface area contributed by atoms with Crippen LogP contribution in [0.5, 0.6) is 0 Å². The summed E-state index contributed by atoms with van der Waals surface area (Å²) in [7, 11) is 0. The molecule has 0 spiro atoms. The molecule has 2 rings (SSSR count). The van der Waals surface area contributed by atoms with Gasteiger partial charge < -0.3 is 15.7 Å². The molecule has 0 aliphatic heterocycles. The van der Waals surface area contributed by atoms with E-state index >= 15 is 0 Å². The van der Waals surface area contributed by atoms with E-state index in [4.69, 9.17) is 5.73 Å². The number of aromatic carboxylic acids is 1. The van der Waals surface area contributed by atoms with Gasteiger partial charge in [-0.15, -0.1) is 0 Å². The number of carboxylic acids is 1. The summed E-state index contributed by atoms with van der Waals surface area (Å²) in [5.74, 6) is -0.314. The molecule has 4 nitrogen and oxygen atoms in total. The fourth-order valence-corrected chi connectivity index (χ4v) is 3.04. The number of nitrogen functional groups attached to an aromatic ring is 1. The second-order valence-electron chi connectivity index (χ2n) is 6.39. The van der Waals surface area contributed by atoms with Crippen molar-refractivity contribution in [2.75, 3.05) is 17.2 Å². The minimum Gasteiger partial charge on any atom is -0.478 e. The normalized spacial score (nSPS) is 15.6. The van der Waals surface area contributed by atoms with Gasteiger partial charge in [-0.25, -0.2) is 4.79 Å². The summed E-state index contributed by atoms with van der Waals surface area (Å²) in [6.07, 6.45) is 6.05. The van der Waals surface area contributed by atoms with Crippen molar-refractivity contribution < 1.29 is 9.90 Å². The number of carboxylic acid groups (broad SMARTS) is 1. The van der Waals surface area contributed by atoms with Crippen molar-refractivity contribution in [2.24, 2.45) is 5.92 Å². The highest BCUT2D eigenvalue weighted by atomic mass is 16.4. The molecule has 0 saturated heterocycles. The molecule has 0 aromatic heterocycles. The quantitative estimate of drug-likeness (QED) is 0.783. The predicted octanol–water partition coefficient (Wildman–Crippen LogP) is 3.76. The van der Waals surface area contributed by atoms with Crippen molar-refractivity contribution in [2.45, 2.75) is 52.0 Å². The summed E-state index contributed by atoms with van der Waals surface area (Å²) in [5.41, 5.74) is 7.30. The Bertz CT molecular complexity index is 494. The molecule has 0 bridgehead atoms. The smallest absolute Gasteiger partial charge is 0.337 e. The van der Waals surface area contributed by atoms with Gasteiger partial charge in [-0.1, -0.05) is 26.7 Å². The molecule has 116 valence electrons. The van der Waals surface area contributed by atoms with Crippen LogP contribution in [0.15, 0.2) is 18.2 Å². The van der Waals surface area contributed by atoms with Crippen LogP contribution in [0.3, 0.4) is 0 Å². The lowest BCUT2D eigenvalue weighted by atomic mass is 10.1. The van der Waals surface area contributed by atoms with Gasteiger partial charge in [0.25, 0.3) is 0 Å². The highest BCUT2D eigenvalue weighted by Crippen LogP contribution is 2.30. The third-order valence-corrected chi connectivity index (χ3v) is 4.31. The van der Waals surface area contributed by atoms with Gasteiger partial charge in [0.1, 0.15) is 0 Å². The Morgan fingerprint density at radius 3 is 2.62 bits per heavy atom. The monoisotopic (exact) mass is 290 g/mol. The first-order chi connectivity index (χ1) is 9.99. The number of nitrogens with two attached hydrogens (primary N) is 1. The number of carbonyl (C=O) groups is 1. The molecule has 0 heterocycles. The third-order valence-electron chi connectivity index (χ3n) is 4.31. The molecule has 4 heteroatoms. The Labute approximate surface area is 126 Å². The van der Waals surface area contributed by atoms with Gasteiger partial charge in [0.15, 0.2) is 0 Å². The second kappa shape index (κ2) is 6.83. The van der Waals surface area contributed by atoms with Crippen LogP contribution in [-0.2, 0) is 0 Å². The second-order valence-corrected chi connectivity index (χ2v) is 6.39. The summed E-state index contributed by atoms with van der Waals surface area (Å²) < 4.78 is 0. The van der Waals surface area contributed by atoms with E-state index in [2.05, 4.69) is 18.7 Å². The lowest BCUT2D eigenvalue weighted by Crippen LogP contribution is -2.35. The van der Waals surface area contributed by atoms with E-state index in [1.807, 2.05) is 6.07 Å². The summed E-state index contributed by atoms with van der Waals surface area (Å²) in [6.45, 7) is 5.42. The zero-order valence-corrected chi connectivity index (χ0v) is 13.0. The minimum atomic E-state index is -0.954. The molecule has 3 N–H and O–H groups in total. The van der Waals surface area contributed by atoms with E-state index in [9.17, 15) is 9.90 Å². The van der Waals surface area contributed by atoms with Crippen LogP contribution >= 0.6 is 0 Å². The van der Waals surface area contributed by atoms with Gasteiger partial charge in [-0.3, -0.25) is 0 Å². The van der Waals surface area contributed by atoms with E-state index < -0.39 is 5.97 Å². The van der Waals surface area contributed by atoms with E-state index in [-0.39, 0.29) is 5.56 Å². The van der Waals surface area contributed by atoms with Gasteiger partial charge in [0.05, 0.1) is 5.56 Å². The summed E-state index contributed by atoms with van der Waals surface area (Å²) in [5, 5.41) is 9.26. The molecule has 1 fully saturated rings. The molecule has 0 unspecified atom stereocenters. The average Bonchev–Trinajstić information content (AvgIpc) is 2.94. The molecule has 1 aliphatic rings. The van der Waals surface area contributed by atoms with Crippen molar-refractivity contribution in [3.8, 4) is 0 Å². The number of hydrogen-bond acceptors (Lipinski definition) is 3. The van der Waals surface area contributed by atoms with E-state index in [0.29, 0.717) is 17.6 Å². The van der Waals surface area contributed by atoms with Crippen LogP contribution in [-0.4, -0.2) is 23.7 Å². The molecular weight excluding hydrogens is 264 g/mol. The maximum atomic E-state index is 11.3. The fraction of sp³-hybridized carbons (Fsp3) is 0.588. The van der Waals surface area contributed by atoms with Crippen molar-refractivity contribution in [3.63, 3.8) is 0 Å². The lowest BCUT2D eigenvalue weighted by Gasteiger charge is -2.32. The molecule has 1 aromatic rings. The van der Waals surface area contributed by atoms with Crippen LogP contribution in [0.4, 0.5) is 11.4 Å². The van der Waals surface area contributed by atoms with Gasteiger partial charge in [0.2, 0.25) is 0 Å². The predicted molar refractivity (Wildman–Crippen MR) is 86.9 cm³/mol. The summed E-state index contributed by atoms with van der Waals surface area (Å²) >= 11 is 0. The van der Waals surface area contributed by atoms with Crippen molar-refractivity contribution >= 4 is 17.3 Å². The molecule has 21 heavy (non-hydrogen) atoms. The highest BCUT2D eigenvalue weighted by molar-refractivity contribution is 5.94. The first kappa shape index (κ1) is 15.7. The van der Waals surface area contributed by atoms with Crippen LogP contribution in [0.25, 0.3) is 0 Å². The van der Waals surface area contributed by atoms with E-state index in [1.54, 1.807) is 12.1 Å². The Morgan fingerprint density at radius 1 is 1.38 bits per heavy atom. The minimum absolute atomic E-state index is 0.208. The van der Waals surface area contributed by atoms with Crippen LogP contribution in [0.2, 0.25) is 0 Å². The number of nitrogens with zero attached hydrogens (tertiary/aromatic N) is 1. The van der Waals surface area contributed by atoms with Gasteiger partial charge in [-0.2, -0.15) is 0 Å². The van der Waals surface area contributed by atoms with Crippen molar-refractivity contribution in [1.82, 2.24) is 0 Å². The maximum Gasteiger partial charge on any atom is 0.337 e. The number of rotatable bonds is 6. The zero-order valence-electron chi connectivity index (χ0n) is 13.0. The molecule has 1 saturated carbocycles.